The van der Waals surface area contributed by atoms with Crippen LogP contribution in [0.3, 0.4) is 0 Å². The predicted octanol–water partition coefficient (Wildman–Crippen LogP) is 4.96. The first-order valence-electron chi connectivity index (χ1n) is 10.6. The van der Waals surface area contributed by atoms with Gasteiger partial charge in [-0.2, -0.15) is 0 Å². The molecule has 0 radical (unpaired) electrons. The topological polar surface area (TPSA) is 137 Å². The lowest BCUT2D eigenvalue weighted by atomic mass is 10.1. The SMILES string of the molecule is Cc1cc(-c2nnc(-c3cc(F)c(OCC(N)C(C)OP(=O)(O)O)cc3Cl)s2)ccc1OC(C)C. The van der Waals surface area contributed by atoms with E-state index < -0.39 is 25.8 Å². The van der Waals surface area contributed by atoms with Crippen molar-refractivity contribution in [2.45, 2.75) is 45.9 Å². The van der Waals surface area contributed by atoms with Crippen LogP contribution in [-0.2, 0) is 9.09 Å². The van der Waals surface area contributed by atoms with Crippen LogP contribution in [0.2, 0.25) is 5.02 Å². The number of rotatable bonds is 10. The van der Waals surface area contributed by atoms with E-state index in [1.807, 2.05) is 39.0 Å². The molecule has 2 atom stereocenters. The lowest BCUT2D eigenvalue weighted by Gasteiger charge is -2.21. The van der Waals surface area contributed by atoms with Crippen LogP contribution >= 0.6 is 30.8 Å². The lowest BCUT2D eigenvalue weighted by Crippen LogP contribution is -2.39. The van der Waals surface area contributed by atoms with Gasteiger partial charge in [0.2, 0.25) is 0 Å². The van der Waals surface area contributed by atoms with Crippen molar-refractivity contribution in [1.82, 2.24) is 10.2 Å². The highest BCUT2D eigenvalue weighted by molar-refractivity contribution is 7.46. The van der Waals surface area contributed by atoms with Crippen molar-refractivity contribution in [3.05, 3.63) is 46.7 Å². The number of nitrogens with two attached hydrogens (primary N) is 1. The largest absolute Gasteiger partial charge is 0.491 e. The average molecular weight is 546 g/mol. The van der Waals surface area contributed by atoms with Gasteiger partial charge in [0, 0.05) is 17.2 Å². The molecule has 0 fully saturated rings. The van der Waals surface area contributed by atoms with E-state index in [4.69, 9.17) is 36.6 Å². The second-order valence-corrected chi connectivity index (χ2v) is 10.7. The zero-order valence-electron chi connectivity index (χ0n) is 19.4. The van der Waals surface area contributed by atoms with Gasteiger partial charge in [0.1, 0.15) is 22.4 Å². The molecule has 3 aromatic rings. The van der Waals surface area contributed by atoms with Crippen molar-refractivity contribution in [3.8, 4) is 32.6 Å². The Morgan fingerprint density at radius 1 is 1.14 bits per heavy atom. The predicted molar refractivity (Wildman–Crippen MR) is 132 cm³/mol. The minimum absolute atomic E-state index is 0.0591. The van der Waals surface area contributed by atoms with Gasteiger partial charge in [-0.1, -0.05) is 22.9 Å². The molecule has 2 aromatic carbocycles. The molecule has 0 aliphatic heterocycles. The Morgan fingerprint density at radius 2 is 1.83 bits per heavy atom. The first-order valence-corrected chi connectivity index (χ1v) is 13.3. The van der Waals surface area contributed by atoms with Gasteiger partial charge in [-0.05, 0) is 57.5 Å². The molecule has 0 saturated heterocycles. The molecule has 3 rings (SSSR count). The summed E-state index contributed by atoms with van der Waals surface area (Å²) >= 11 is 7.63. The van der Waals surface area contributed by atoms with Gasteiger partial charge in [0.25, 0.3) is 0 Å². The summed E-state index contributed by atoms with van der Waals surface area (Å²) in [4.78, 5) is 17.7. The van der Waals surface area contributed by atoms with Crippen molar-refractivity contribution in [2.75, 3.05) is 6.61 Å². The number of aryl methyl sites for hydroxylation is 1. The molecular weight excluding hydrogens is 520 g/mol. The highest BCUT2D eigenvalue weighted by Crippen LogP contribution is 2.39. The second-order valence-electron chi connectivity index (χ2n) is 8.10. The first-order chi connectivity index (χ1) is 16.3. The monoisotopic (exact) mass is 545 g/mol. The van der Waals surface area contributed by atoms with Crippen LogP contribution in [0.15, 0.2) is 30.3 Å². The van der Waals surface area contributed by atoms with Crippen LogP contribution < -0.4 is 15.2 Å². The number of aromatic nitrogens is 2. The molecule has 0 saturated carbocycles. The molecule has 2 unspecified atom stereocenters. The zero-order valence-corrected chi connectivity index (χ0v) is 21.9. The summed E-state index contributed by atoms with van der Waals surface area (Å²) in [5, 5.41) is 9.63. The summed E-state index contributed by atoms with van der Waals surface area (Å²) in [6.45, 7) is 6.98. The smallest absolute Gasteiger partial charge is 0.469 e. The second kappa shape index (κ2) is 11.3. The maximum atomic E-state index is 14.7. The number of hydrogen-bond donors (Lipinski definition) is 3. The molecule has 4 N–H and O–H groups in total. The maximum absolute atomic E-state index is 14.7. The molecule has 0 spiro atoms. The Balaban J connectivity index is 1.75. The summed E-state index contributed by atoms with van der Waals surface area (Å²) in [5.41, 5.74) is 7.96. The Kier molecular flexibility index (Phi) is 8.87. The Labute approximate surface area is 211 Å². The van der Waals surface area contributed by atoms with Gasteiger partial charge in [-0.3, -0.25) is 4.52 Å². The molecule has 1 aromatic heterocycles. The highest BCUT2D eigenvalue weighted by Gasteiger charge is 2.25. The third-order valence-corrected chi connectivity index (χ3v) is 6.72. The van der Waals surface area contributed by atoms with Gasteiger partial charge >= 0.3 is 7.82 Å². The van der Waals surface area contributed by atoms with Gasteiger partial charge in [-0.25, -0.2) is 8.96 Å². The number of phosphoric ester groups is 1. The molecule has 13 heteroatoms. The average Bonchev–Trinajstić information content (AvgIpc) is 3.23. The lowest BCUT2D eigenvalue weighted by molar-refractivity contribution is 0.106. The number of benzene rings is 2. The van der Waals surface area contributed by atoms with Gasteiger partial charge in [-0.15, -0.1) is 10.2 Å². The van der Waals surface area contributed by atoms with Crippen LogP contribution in [0.4, 0.5) is 4.39 Å². The molecule has 0 bridgehead atoms. The standard InChI is InChI=1S/C22H26ClFN3O6PS/c1-11(2)32-19-6-5-14(7-12(19)3)21-26-27-22(35-21)15-8-17(24)20(9-16(15)23)31-10-18(25)13(4)33-34(28,29)30/h5-9,11,13,18H,10,25H2,1-4H3,(H2,28,29,30). The van der Waals surface area contributed by atoms with E-state index in [1.54, 1.807) is 0 Å². The van der Waals surface area contributed by atoms with E-state index in [9.17, 15) is 8.96 Å². The van der Waals surface area contributed by atoms with Crippen LogP contribution in [0.5, 0.6) is 11.5 Å². The summed E-state index contributed by atoms with van der Waals surface area (Å²) in [5.74, 6) is -0.0850. The number of halogens is 2. The Morgan fingerprint density at radius 3 is 2.46 bits per heavy atom. The van der Waals surface area contributed by atoms with Crippen molar-refractivity contribution in [3.63, 3.8) is 0 Å². The zero-order chi connectivity index (χ0) is 25.9. The highest BCUT2D eigenvalue weighted by atomic mass is 35.5. The van der Waals surface area contributed by atoms with Crippen molar-refractivity contribution >= 4 is 30.8 Å². The third-order valence-electron chi connectivity index (χ3n) is 4.80. The molecule has 1 heterocycles. The summed E-state index contributed by atoms with van der Waals surface area (Å²) < 4.78 is 41.3. The van der Waals surface area contributed by atoms with E-state index in [0.29, 0.717) is 15.6 Å². The van der Waals surface area contributed by atoms with Crippen molar-refractivity contribution in [1.29, 1.82) is 0 Å². The van der Waals surface area contributed by atoms with Gasteiger partial charge in [0.05, 0.1) is 23.3 Å². The maximum Gasteiger partial charge on any atom is 0.469 e. The van der Waals surface area contributed by atoms with Crippen LogP contribution in [0.25, 0.3) is 21.1 Å². The molecule has 0 aliphatic carbocycles. The molecule has 0 aliphatic rings. The van der Waals surface area contributed by atoms with E-state index >= 15 is 0 Å². The molecule has 9 nitrogen and oxygen atoms in total. The number of phosphoric acid groups is 1. The number of hydrogen-bond acceptors (Lipinski definition) is 8. The van der Waals surface area contributed by atoms with Gasteiger partial charge < -0.3 is 25.0 Å². The van der Waals surface area contributed by atoms with E-state index in [1.165, 1.54) is 30.4 Å². The van der Waals surface area contributed by atoms with Crippen molar-refractivity contribution < 1.29 is 32.7 Å². The number of nitrogens with zero attached hydrogens (tertiary/aromatic N) is 2. The summed E-state index contributed by atoms with van der Waals surface area (Å²) in [7, 11) is -4.71. The Bertz CT molecular complexity index is 1240. The normalized spacial score (nSPS) is 13.7. The molecule has 190 valence electrons. The fraction of sp³-hybridized carbons (Fsp3) is 0.364. The van der Waals surface area contributed by atoms with Crippen LogP contribution in [-0.4, -0.2) is 44.8 Å². The summed E-state index contributed by atoms with van der Waals surface area (Å²) in [6.07, 6.45) is -0.966. The van der Waals surface area contributed by atoms with Crippen LogP contribution in [0, 0.1) is 12.7 Å². The first kappa shape index (κ1) is 27.5. The minimum Gasteiger partial charge on any atom is -0.491 e. The minimum atomic E-state index is -4.71. The summed E-state index contributed by atoms with van der Waals surface area (Å²) in [6, 6.07) is 7.26. The quantitative estimate of drug-likeness (QED) is 0.302. The van der Waals surface area contributed by atoms with Crippen LogP contribution in [0.1, 0.15) is 26.3 Å². The fourth-order valence-electron chi connectivity index (χ4n) is 3.04. The molecular formula is C22H26ClFN3O6PS. The van der Waals surface area contributed by atoms with E-state index in [-0.39, 0.29) is 23.5 Å². The third kappa shape index (κ3) is 7.44. The Hall–Kier alpha value is -2.11. The van der Waals surface area contributed by atoms with E-state index in [2.05, 4.69) is 14.7 Å². The molecule has 0 amide bonds. The fourth-order valence-corrected chi connectivity index (χ4v) is 4.80. The number of ether oxygens (including phenoxy) is 2. The van der Waals surface area contributed by atoms with E-state index in [0.717, 1.165) is 16.9 Å². The van der Waals surface area contributed by atoms with Crippen molar-refractivity contribution in [2.24, 2.45) is 5.73 Å². The molecule has 35 heavy (non-hydrogen) atoms. The van der Waals surface area contributed by atoms with Gasteiger partial charge in [0.15, 0.2) is 11.6 Å².